The summed E-state index contributed by atoms with van der Waals surface area (Å²) in [5, 5.41) is 0. The van der Waals surface area contributed by atoms with E-state index in [1.807, 2.05) is 0 Å². The normalized spacial score (nSPS) is 9.08. The predicted octanol–water partition coefficient (Wildman–Crippen LogP) is 0.310. The molecule has 4 heteroatoms. The van der Waals surface area contributed by atoms with E-state index in [4.69, 9.17) is 0 Å². The van der Waals surface area contributed by atoms with E-state index in [9.17, 15) is 9.59 Å². The minimum Gasteiger partial charge on any atom is -0.284 e. The number of pyridine rings is 1. The zero-order valence-electron chi connectivity index (χ0n) is 6.60. The number of hydrogen-bond donors (Lipinski definition) is 0. The number of amides is 2. The van der Waals surface area contributed by atoms with E-state index in [-0.39, 0.29) is 5.91 Å². The van der Waals surface area contributed by atoms with Crippen molar-refractivity contribution in [3.8, 4) is 0 Å². The zero-order valence-corrected chi connectivity index (χ0v) is 6.60. The Hall–Kier alpha value is -1.71. The topological polar surface area (TPSA) is 50.3 Å². The highest BCUT2D eigenvalue weighted by molar-refractivity contribution is 5.99. The highest BCUT2D eigenvalue weighted by Gasteiger charge is 2.09. The molecule has 0 saturated heterocycles. The lowest BCUT2D eigenvalue weighted by Crippen LogP contribution is -2.24. The third-order valence-corrected chi connectivity index (χ3v) is 1.39. The molecule has 0 unspecified atom stereocenters. The molecule has 0 N–H and O–H groups in total. The first kappa shape index (κ1) is 8.39. The highest BCUT2D eigenvalue weighted by Crippen LogP contribution is 1.98. The number of hydrogen-bond acceptors (Lipinski definition) is 3. The highest BCUT2D eigenvalue weighted by atomic mass is 16.2. The van der Waals surface area contributed by atoms with Gasteiger partial charge in [-0.1, -0.05) is 0 Å². The van der Waals surface area contributed by atoms with Crippen molar-refractivity contribution in [2.75, 3.05) is 7.05 Å². The summed E-state index contributed by atoms with van der Waals surface area (Å²) in [6.07, 6.45) is 3.45. The molecule has 0 fully saturated rings. The number of carbonyl (C=O) groups is 2. The molecule has 12 heavy (non-hydrogen) atoms. The van der Waals surface area contributed by atoms with Gasteiger partial charge in [-0.15, -0.1) is 0 Å². The first-order chi connectivity index (χ1) is 5.75. The Kier molecular flexibility index (Phi) is 2.53. The Morgan fingerprint density at radius 2 is 2.42 bits per heavy atom. The Balaban J connectivity index is 2.85. The van der Waals surface area contributed by atoms with Gasteiger partial charge in [0.1, 0.15) is 0 Å². The summed E-state index contributed by atoms with van der Waals surface area (Å²) in [6.45, 7) is 0. The number of rotatable bonds is 2. The van der Waals surface area contributed by atoms with Crippen molar-refractivity contribution in [2.24, 2.45) is 0 Å². The summed E-state index contributed by atoms with van der Waals surface area (Å²) in [5.41, 5.74) is 0.409. The van der Waals surface area contributed by atoms with Crippen LogP contribution >= 0.6 is 0 Å². The Morgan fingerprint density at radius 3 is 2.92 bits per heavy atom. The summed E-state index contributed by atoms with van der Waals surface area (Å²) >= 11 is 0. The Bertz CT molecular complexity index is 284. The minimum atomic E-state index is -0.349. The van der Waals surface area contributed by atoms with Gasteiger partial charge in [0.25, 0.3) is 5.91 Å². The van der Waals surface area contributed by atoms with Crippen LogP contribution < -0.4 is 0 Å². The monoisotopic (exact) mass is 164 g/mol. The molecular weight excluding hydrogens is 156 g/mol. The maximum absolute atomic E-state index is 11.2. The molecule has 0 spiro atoms. The van der Waals surface area contributed by atoms with Crippen molar-refractivity contribution in [3.63, 3.8) is 0 Å². The molecule has 0 radical (unpaired) electrons. The van der Waals surface area contributed by atoms with Gasteiger partial charge in [0.2, 0.25) is 6.41 Å². The van der Waals surface area contributed by atoms with Crippen molar-refractivity contribution in [2.45, 2.75) is 0 Å². The van der Waals surface area contributed by atoms with Gasteiger partial charge in [0, 0.05) is 19.4 Å². The fraction of sp³-hybridized carbons (Fsp3) is 0.125. The summed E-state index contributed by atoms with van der Waals surface area (Å²) in [4.78, 5) is 26.2. The van der Waals surface area contributed by atoms with Gasteiger partial charge < -0.3 is 0 Å². The van der Waals surface area contributed by atoms with E-state index in [0.717, 1.165) is 4.90 Å². The molecule has 4 nitrogen and oxygen atoms in total. The second-order valence-electron chi connectivity index (χ2n) is 2.26. The molecule has 1 aromatic heterocycles. The molecule has 0 saturated carbocycles. The largest absolute Gasteiger partial charge is 0.284 e. The molecule has 62 valence electrons. The summed E-state index contributed by atoms with van der Waals surface area (Å²) < 4.78 is 0. The fourth-order valence-corrected chi connectivity index (χ4v) is 0.741. The lowest BCUT2D eigenvalue weighted by molar-refractivity contribution is -0.115. The number of imide groups is 1. The van der Waals surface area contributed by atoms with Crippen molar-refractivity contribution in [3.05, 3.63) is 30.1 Å². The van der Waals surface area contributed by atoms with Gasteiger partial charge in [-0.3, -0.25) is 19.5 Å². The van der Waals surface area contributed by atoms with Crippen molar-refractivity contribution in [1.29, 1.82) is 0 Å². The molecule has 0 atom stereocenters. The Morgan fingerprint density at radius 1 is 1.67 bits per heavy atom. The molecule has 0 aliphatic heterocycles. The van der Waals surface area contributed by atoms with Crippen LogP contribution in [-0.4, -0.2) is 29.2 Å². The van der Waals surface area contributed by atoms with E-state index < -0.39 is 0 Å². The molecular formula is C8H8N2O2. The maximum Gasteiger partial charge on any atom is 0.261 e. The van der Waals surface area contributed by atoms with Crippen LogP contribution in [0.4, 0.5) is 0 Å². The van der Waals surface area contributed by atoms with Gasteiger partial charge in [-0.05, 0) is 12.1 Å². The van der Waals surface area contributed by atoms with Gasteiger partial charge in [0.15, 0.2) is 0 Å². The van der Waals surface area contributed by atoms with Crippen LogP contribution in [0.5, 0.6) is 0 Å². The third kappa shape index (κ3) is 1.66. The predicted molar refractivity (Wildman–Crippen MR) is 42.4 cm³/mol. The third-order valence-electron chi connectivity index (χ3n) is 1.39. The number of aromatic nitrogens is 1. The quantitative estimate of drug-likeness (QED) is 0.591. The van der Waals surface area contributed by atoms with E-state index in [2.05, 4.69) is 4.98 Å². The number of nitrogens with zero attached hydrogens (tertiary/aromatic N) is 2. The smallest absolute Gasteiger partial charge is 0.261 e. The molecule has 0 aromatic carbocycles. The molecule has 1 heterocycles. The fourth-order valence-electron chi connectivity index (χ4n) is 0.741. The SMILES string of the molecule is CN(C=O)C(=O)c1cccnc1. The van der Waals surface area contributed by atoms with Gasteiger partial charge in [-0.25, -0.2) is 0 Å². The molecule has 0 aliphatic carbocycles. The second-order valence-corrected chi connectivity index (χ2v) is 2.26. The van der Waals surface area contributed by atoms with Crippen LogP contribution in [0.2, 0.25) is 0 Å². The average Bonchev–Trinajstić information content (AvgIpc) is 2.17. The summed E-state index contributed by atoms with van der Waals surface area (Å²) in [7, 11) is 1.41. The van der Waals surface area contributed by atoms with Crippen LogP contribution in [0.3, 0.4) is 0 Å². The first-order valence-electron chi connectivity index (χ1n) is 3.38. The second kappa shape index (κ2) is 3.61. The van der Waals surface area contributed by atoms with Crippen LogP contribution in [0, 0.1) is 0 Å². The van der Waals surface area contributed by atoms with E-state index in [1.54, 1.807) is 18.3 Å². The molecule has 0 bridgehead atoms. The van der Waals surface area contributed by atoms with E-state index in [0.29, 0.717) is 12.0 Å². The van der Waals surface area contributed by atoms with Crippen molar-refractivity contribution < 1.29 is 9.59 Å². The minimum absolute atomic E-state index is 0.349. The van der Waals surface area contributed by atoms with Crippen LogP contribution in [0.15, 0.2) is 24.5 Å². The van der Waals surface area contributed by atoms with Crippen LogP contribution in [0.1, 0.15) is 10.4 Å². The van der Waals surface area contributed by atoms with Gasteiger partial charge >= 0.3 is 0 Å². The lowest BCUT2D eigenvalue weighted by Gasteiger charge is -2.06. The van der Waals surface area contributed by atoms with Crippen molar-refractivity contribution >= 4 is 12.3 Å². The standard InChI is InChI=1S/C8H8N2O2/c1-10(6-11)8(12)7-3-2-4-9-5-7/h2-6H,1H3. The van der Waals surface area contributed by atoms with E-state index in [1.165, 1.54) is 13.2 Å². The lowest BCUT2D eigenvalue weighted by atomic mass is 10.2. The first-order valence-corrected chi connectivity index (χ1v) is 3.38. The van der Waals surface area contributed by atoms with Crippen molar-refractivity contribution in [1.82, 2.24) is 9.88 Å². The molecule has 1 aromatic rings. The van der Waals surface area contributed by atoms with E-state index >= 15 is 0 Å². The van der Waals surface area contributed by atoms with Crippen LogP contribution in [0.25, 0.3) is 0 Å². The number of carbonyl (C=O) groups excluding carboxylic acids is 2. The van der Waals surface area contributed by atoms with Gasteiger partial charge in [-0.2, -0.15) is 0 Å². The summed E-state index contributed by atoms with van der Waals surface area (Å²) in [6, 6.07) is 3.25. The van der Waals surface area contributed by atoms with Gasteiger partial charge in [0.05, 0.1) is 5.56 Å². The van der Waals surface area contributed by atoms with Crippen LogP contribution in [-0.2, 0) is 4.79 Å². The molecule has 1 rings (SSSR count). The molecule has 2 amide bonds. The summed E-state index contributed by atoms with van der Waals surface area (Å²) in [5.74, 6) is -0.349. The molecule has 0 aliphatic rings. The Labute approximate surface area is 69.8 Å². The maximum atomic E-state index is 11.2. The zero-order chi connectivity index (χ0) is 8.97. The average molecular weight is 164 g/mol.